The molecule has 0 heterocycles. The van der Waals surface area contributed by atoms with Crippen molar-refractivity contribution in [2.45, 2.75) is 155 Å². The maximum atomic E-state index is 3.94. The van der Waals surface area contributed by atoms with E-state index in [1.54, 1.807) is 0 Å². The molecule has 0 aliphatic carbocycles. The lowest BCUT2D eigenvalue weighted by molar-refractivity contribution is 0.413. The van der Waals surface area contributed by atoms with Crippen molar-refractivity contribution in [2.24, 2.45) is 11.8 Å². The minimum absolute atomic E-state index is 0.787. The lowest BCUT2D eigenvalue weighted by Crippen LogP contribution is -2.05. The number of rotatable bonds is 24. The molecule has 0 aromatic carbocycles. The van der Waals surface area contributed by atoms with Crippen molar-refractivity contribution in [3.63, 3.8) is 0 Å². The molecule has 178 valence electrons. The summed E-state index contributed by atoms with van der Waals surface area (Å²) in [5.74, 6) is 1.58. The first kappa shape index (κ1) is 29.7. The lowest BCUT2D eigenvalue weighted by atomic mass is 9.89. The van der Waals surface area contributed by atoms with Crippen molar-refractivity contribution in [2.75, 3.05) is 0 Å². The van der Waals surface area contributed by atoms with Crippen LogP contribution in [0.2, 0.25) is 0 Å². The SMILES string of the molecule is [CH2]CCCCCCCCCCCCCCCC=CC(CCCCCCC[CH2])C(C)C. The summed E-state index contributed by atoms with van der Waals surface area (Å²) >= 11 is 0. The summed E-state index contributed by atoms with van der Waals surface area (Å²) < 4.78 is 0. The van der Waals surface area contributed by atoms with Crippen LogP contribution in [-0.4, -0.2) is 0 Å². The Morgan fingerprint density at radius 1 is 0.500 bits per heavy atom. The van der Waals surface area contributed by atoms with Crippen molar-refractivity contribution >= 4 is 0 Å². The fourth-order valence-electron chi connectivity index (χ4n) is 4.39. The van der Waals surface area contributed by atoms with Crippen LogP contribution >= 0.6 is 0 Å². The van der Waals surface area contributed by atoms with E-state index >= 15 is 0 Å². The molecule has 0 amide bonds. The van der Waals surface area contributed by atoms with E-state index < -0.39 is 0 Å². The van der Waals surface area contributed by atoms with Gasteiger partial charge >= 0.3 is 0 Å². The van der Waals surface area contributed by atoms with Crippen molar-refractivity contribution in [3.05, 3.63) is 26.0 Å². The molecule has 0 bridgehead atoms. The Kier molecular flexibility index (Phi) is 24.8. The third kappa shape index (κ3) is 22.4. The van der Waals surface area contributed by atoms with E-state index in [2.05, 4.69) is 39.8 Å². The molecule has 0 nitrogen and oxygen atoms in total. The van der Waals surface area contributed by atoms with Crippen LogP contribution < -0.4 is 0 Å². The van der Waals surface area contributed by atoms with Crippen molar-refractivity contribution in [3.8, 4) is 0 Å². The van der Waals surface area contributed by atoms with Gasteiger partial charge in [0.15, 0.2) is 0 Å². The molecule has 0 aromatic rings. The van der Waals surface area contributed by atoms with Crippen molar-refractivity contribution in [1.82, 2.24) is 0 Å². The maximum Gasteiger partial charge on any atom is -0.0210 e. The third-order valence-electron chi connectivity index (χ3n) is 6.65. The molecule has 0 saturated carbocycles. The van der Waals surface area contributed by atoms with Gasteiger partial charge in [-0.25, -0.2) is 0 Å². The number of hydrogen-bond donors (Lipinski definition) is 0. The normalized spacial score (nSPS) is 13.0. The van der Waals surface area contributed by atoms with E-state index in [1.165, 1.54) is 128 Å². The van der Waals surface area contributed by atoms with Gasteiger partial charge in [0.25, 0.3) is 0 Å². The Hall–Kier alpha value is -0.260. The van der Waals surface area contributed by atoms with Crippen LogP contribution in [0.25, 0.3) is 0 Å². The van der Waals surface area contributed by atoms with Gasteiger partial charge in [0, 0.05) is 0 Å². The molecule has 0 fully saturated rings. The van der Waals surface area contributed by atoms with Gasteiger partial charge in [-0.1, -0.05) is 162 Å². The van der Waals surface area contributed by atoms with Crippen LogP contribution in [-0.2, 0) is 0 Å². The predicted octanol–water partition coefficient (Wildman–Crippen LogP) is 11.1. The average molecular weight is 419 g/mol. The molecule has 0 heteroatoms. The largest absolute Gasteiger partial charge is 0.0883 e. The Labute approximate surface area is 193 Å². The molecule has 0 aromatic heterocycles. The highest BCUT2D eigenvalue weighted by Gasteiger charge is 2.09. The number of allylic oxidation sites excluding steroid dienone is 2. The van der Waals surface area contributed by atoms with Gasteiger partial charge in [0.2, 0.25) is 0 Å². The van der Waals surface area contributed by atoms with E-state index in [1.807, 2.05) is 0 Å². The van der Waals surface area contributed by atoms with E-state index in [9.17, 15) is 0 Å². The van der Waals surface area contributed by atoms with Gasteiger partial charge in [0.05, 0.1) is 0 Å². The summed E-state index contributed by atoms with van der Waals surface area (Å²) in [5.41, 5.74) is 0. The standard InChI is InChI=1S/C30H58/c1-5-7-9-11-13-14-15-16-17-18-19-20-21-22-24-26-28-30(29(3)4)27-25-23-12-10-8-6-2/h26,28-30H,1-2,5-25,27H2,3-4H3. The van der Waals surface area contributed by atoms with Gasteiger partial charge in [-0.2, -0.15) is 0 Å². The highest BCUT2D eigenvalue weighted by atomic mass is 14.1. The second kappa shape index (κ2) is 25.0. The van der Waals surface area contributed by atoms with Gasteiger partial charge in [-0.05, 0) is 31.1 Å². The molecule has 0 saturated heterocycles. The highest BCUT2D eigenvalue weighted by molar-refractivity contribution is 4.89. The highest BCUT2D eigenvalue weighted by Crippen LogP contribution is 2.21. The summed E-state index contributed by atoms with van der Waals surface area (Å²) in [6, 6.07) is 0. The number of unbranched alkanes of at least 4 members (excludes halogenated alkanes) is 19. The molecule has 30 heavy (non-hydrogen) atoms. The second-order valence-electron chi connectivity index (χ2n) is 9.98. The summed E-state index contributed by atoms with van der Waals surface area (Å²) in [6.07, 6.45) is 35.5. The fraction of sp³-hybridized carbons (Fsp3) is 0.867. The van der Waals surface area contributed by atoms with E-state index in [-0.39, 0.29) is 0 Å². The second-order valence-corrected chi connectivity index (χ2v) is 9.98. The summed E-state index contributed by atoms with van der Waals surface area (Å²) in [7, 11) is 0. The third-order valence-corrected chi connectivity index (χ3v) is 6.65. The molecular formula is C30H58. The molecule has 0 spiro atoms. The predicted molar refractivity (Wildman–Crippen MR) is 140 cm³/mol. The van der Waals surface area contributed by atoms with Crippen LogP contribution in [0.15, 0.2) is 12.2 Å². The average Bonchev–Trinajstić information content (AvgIpc) is 2.74. The van der Waals surface area contributed by atoms with Crippen LogP contribution in [0.1, 0.15) is 155 Å². The van der Waals surface area contributed by atoms with Gasteiger partial charge < -0.3 is 0 Å². The van der Waals surface area contributed by atoms with Gasteiger partial charge in [-0.15, -0.1) is 0 Å². The van der Waals surface area contributed by atoms with E-state index in [0.29, 0.717) is 0 Å². The minimum Gasteiger partial charge on any atom is -0.0883 e. The van der Waals surface area contributed by atoms with Gasteiger partial charge in [0.1, 0.15) is 0 Å². The molecule has 0 aliphatic heterocycles. The molecule has 0 aliphatic rings. The molecular weight excluding hydrogens is 360 g/mol. The van der Waals surface area contributed by atoms with E-state index in [0.717, 1.165) is 24.7 Å². The minimum atomic E-state index is 0.787. The number of hydrogen-bond acceptors (Lipinski definition) is 0. The first-order valence-electron chi connectivity index (χ1n) is 14.0. The zero-order valence-electron chi connectivity index (χ0n) is 21.3. The zero-order valence-corrected chi connectivity index (χ0v) is 21.3. The van der Waals surface area contributed by atoms with Gasteiger partial charge in [-0.3, -0.25) is 0 Å². The lowest BCUT2D eigenvalue weighted by Gasteiger charge is -2.16. The Balaban J connectivity index is 3.44. The summed E-state index contributed by atoms with van der Waals surface area (Å²) in [5, 5.41) is 0. The molecule has 0 rings (SSSR count). The molecule has 0 N–H and O–H groups in total. The van der Waals surface area contributed by atoms with Crippen molar-refractivity contribution in [1.29, 1.82) is 0 Å². The first-order chi connectivity index (χ1) is 14.7. The molecule has 2 radical (unpaired) electrons. The fourth-order valence-corrected chi connectivity index (χ4v) is 4.39. The smallest absolute Gasteiger partial charge is 0.0210 e. The van der Waals surface area contributed by atoms with Crippen LogP contribution in [0.4, 0.5) is 0 Å². The van der Waals surface area contributed by atoms with Crippen LogP contribution in [0.5, 0.6) is 0 Å². The Morgan fingerprint density at radius 2 is 0.867 bits per heavy atom. The van der Waals surface area contributed by atoms with Crippen LogP contribution in [0.3, 0.4) is 0 Å². The zero-order chi connectivity index (χ0) is 22.1. The van der Waals surface area contributed by atoms with Crippen molar-refractivity contribution < 1.29 is 0 Å². The summed E-state index contributed by atoms with van der Waals surface area (Å²) in [4.78, 5) is 0. The molecule has 1 atom stereocenters. The molecule has 1 unspecified atom stereocenters. The topological polar surface area (TPSA) is 0 Å². The Morgan fingerprint density at radius 3 is 1.27 bits per heavy atom. The van der Waals surface area contributed by atoms with Crippen LogP contribution in [0, 0.1) is 25.7 Å². The maximum absolute atomic E-state index is 3.94. The quantitative estimate of drug-likeness (QED) is 0.108. The summed E-state index contributed by atoms with van der Waals surface area (Å²) in [6.45, 7) is 12.6. The Bertz CT molecular complexity index is 327. The first-order valence-corrected chi connectivity index (χ1v) is 14.0. The monoisotopic (exact) mass is 418 g/mol. The van der Waals surface area contributed by atoms with E-state index in [4.69, 9.17) is 0 Å².